The van der Waals surface area contributed by atoms with Gasteiger partial charge in [0.25, 0.3) is 0 Å². The van der Waals surface area contributed by atoms with Crippen LogP contribution in [0.4, 0.5) is 4.39 Å². The molecule has 0 aliphatic carbocycles. The van der Waals surface area contributed by atoms with Gasteiger partial charge >= 0.3 is 0 Å². The van der Waals surface area contributed by atoms with Crippen molar-refractivity contribution in [2.45, 2.75) is 5.03 Å². The Morgan fingerprint density at radius 2 is 1.96 bits per heavy atom. The van der Waals surface area contributed by atoms with Crippen LogP contribution < -0.4 is 0 Å². The number of phenolic OH excluding ortho intramolecular Hbond substituents is 1. The van der Waals surface area contributed by atoms with E-state index in [9.17, 15) is 14.3 Å². The zero-order valence-corrected chi connectivity index (χ0v) is 14.7. The number of carbonyl (C=O) groups is 1. The van der Waals surface area contributed by atoms with Crippen LogP contribution in [0.25, 0.3) is 16.7 Å². The van der Waals surface area contributed by atoms with Crippen LogP contribution in [0, 0.1) is 5.82 Å². The highest BCUT2D eigenvalue weighted by molar-refractivity contribution is 8.00. The quantitative estimate of drug-likeness (QED) is 0.323. The number of aromatic nitrogens is 4. The second kappa shape index (κ2) is 7.16. The Bertz CT molecular complexity index is 1130. The number of phenols is 1. The maximum Gasteiger partial charge on any atom is 0.176 e. The molecule has 4 rings (SSSR count). The number of fused-ring (bicyclic) bond motifs is 1. The maximum absolute atomic E-state index is 13.3. The highest BCUT2D eigenvalue weighted by Crippen LogP contribution is 2.27. The van der Waals surface area contributed by atoms with Gasteiger partial charge in [0.2, 0.25) is 0 Å². The highest BCUT2D eigenvalue weighted by atomic mass is 32.2. The molecule has 1 N–H and O–H groups in total. The Balaban J connectivity index is 1.61. The van der Waals surface area contributed by atoms with Crippen molar-refractivity contribution in [3.8, 4) is 11.4 Å². The Labute approximate surface area is 157 Å². The third-order valence-corrected chi connectivity index (χ3v) is 4.93. The largest absolute Gasteiger partial charge is 0.507 e. The smallest absolute Gasteiger partial charge is 0.176 e. The summed E-state index contributed by atoms with van der Waals surface area (Å²) >= 11 is 1.19. The van der Waals surface area contributed by atoms with Crippen molar-refractivity contribution in [1.29, 1.82) is 0 Å². The molecule has 8 heteroatoms. The van der Waals surface area contributed by atoms with Crippen molar-refractivity contribution in [2.75, 3.05) is 5.75 Å². The lowest BCUT2D eigenvalue weighted by Crippen LogP contribution is -2.04. The van der Waals surface area contributed by atoms with Gasteiger partial charge in [-0.05, 0) is 30.3 Å². The molecule has 0 atom stereocenters. The lowest BCUT2D eigenvalue weighted by atomic mass is 10.1. The van der Waals surface area contributed by atoms with Crippen molar-refractivity contribution >= 4 is 28.6 Å². The van der Waals surface area contributed by atoms with Gasteiger partial charge in [0, 0.05) is 0 Å². The lowest BCUT2D eigenvalue weighted by molar-refractivity contribution is 0.101. The first-order chi connectivity index (χ1) is 13.1. The first-order valence-corrected chi connectivity index (χ1v) is 9.01. The number of halogens is 1. The van der Waals surface area contributed by atoms with Gasteiger partial charge in [-0.15, -0.1) is 0 Å². The normalized spacial score (nSPS) is 11.0. The van der Waals surface area contributed by atoms with Gasteiger partial charge in [0.15, 0.2) is 11.4 Å². The number of carbonyl (C=O) groups excluding carboxylic acids is 1. The molecule has 2 aromatic heterocycles. The highest BCUT2D eigenvalue weighted by Gasteiger charge is 2.16. The monoisotopic (exact) mass is 380 g/mol. The first kappa shape index (κ1) is 17.2. The Hall–Kier alpha value is -3.26. The van der Waals surface area contributed by atoms with Gasteiger partial charge < -0.3 is 5.11 Å². The third-order valence-electron chi connectivity index (χ3n) is 3.93. The van der Waals surface area contributed by atoms with E-state index < -0.39 is 5.82 Å². The topological polar surface area (TPSA) is 80.9 Å². The van der Waals surface area contributed by atoms with Crippen molar-refractivity contribution in [3.05, 3.63) is 72.4 Å². The molecule has 0 amide bonds. The standard InChI is InChI=1S/C19H13FN4O2S/c20-12-6-7-16(25)14(8-12)17(26)10-27-19-15-9-23-24(18(15)21-11-22-19)13-4-2-1-3-5-13/h1-9,11,25H,10H2. The summed E-state index contributed by atoms with van der Waals surface area (Å²) in [6.45, 7) is 0. The first-order valence-electron chi connectivity index (χ1n) is 8.02. The van der Waals surface area contributed by atoms with Gasteiger partial charge in [0.05, 0.1) is 28.6 Å². The van der Waals surface area contributed by atoms with Crippen LogP contribution in [-0.4, -0.2) is 36.4 Å². The average molecular weight is 380 g/mol. The summed E-state index contributed by atoms with van der Waals surface area (Å²) in [4.78, 5) is 20.9. The molecule has 6 nitrogen and oxygen atoms in total. The summed E-state index contributed by atoms with van der Waals surface area (Å²) < 4.78 is 15.0. The number of Topliss-reactive ketones (excluding diaryl/α,β-unsaturated/α-hetero) is 1. The average Bonchev–Trinajstić information content (AvgIpc) is 3.13. The molecule has 0 saturated carbocycles. The molecule has 0 fully saturated rings. The van der Waals surface area contributed by atoms with E-state index in [0.717, 1.165) is 17.8 Å². The molecule has 2 heterocycles. The summed E-state index contributed by atoms with van der Waals surface area (Å²) in [7, 11) is 0. The number of benzene rings is 2. The molecule has 0 bridgehead atoms. The molecule has 0 saturated heterocycles. The molecule has 0 aliphatic rings. The number of ketones is 1. The van der Waals surface area contributed by atoms with E-state index in [1.165, 1.54) is 24.2 Å². The number of nitrogens with zero attached hydrogens (tertiary/aromatic N) is 4. The van der Waals surface area contributed by atoms with Gasteiger partial charge in [-0.1, -0.05) is 30.0 Å². The molecule has 0 unspecified atom stereocenters. The van der Waals surface area contributed by atoms with E-state index in [0.29, 0.717) is 16.1 Å². The Kier molecular flexibility index (Phi) is 4.55. The summed E-state index contributed by atoms with van der Waals surface area (Å²) in [6.07, 6.45) is 3.06. The van der Waals surface area contributed by atoms with Crippen LogP contribution in [0.3, 0.4) is 0 Å². The van der Waals surface area contributed by atoms with Crippen molar-refractivity contribution < 1.29 is 14.3 Å². The van der Waals surface area contributed by atoms with Crippen LogP contribution in [0.2, 0.25) is 0 Å². The molecular formula is C19H13FN4O2S. The molecule has 27 heavy (non-hydrogen) atoms. The Morgan fingerprint density at radius 3 is 2.78 bits per heavy atom. The van der Waals surface area contributed by atoms with E-state index >= 15 is 0 Å². The van der Waals surface area contributed by atoms with E-state index in [2.05, 4.69) is 15.1 Å². The second-order valence-electron chi connectivity index (χ2n) is 5.68. The zero-order valence-electron chi connectivity index (χ0n) is 13.9. The molecule has 0 spiro atoms. The fraction of sp³-hybridized carbons (Fsp3) is 0.0526. The molecular weight excluding hydrogens is 367 g/mol. The fourth-order valence-electron chi connectivity index (χ4n) is 2.64. The van der Waals surface area contributed by atoms with Crippen LogP contribution in [0.1, 0.15) is 10.4 Å². The zero-order chi connectivity index (χ0) is 18.8. The van der Waals surface area contributed by atoms with E-state index in [4.69, 9.17) is 0 Å². The predicted octanol–water partition coefficient (Wildman–Crippen LogP) is 3.64. The number of rotatable bonds is 5. The van der Waals surface area contributed by atoms with E-state index in [1.54, 1.807) is 10.9 Å². The van der Waals surface area contributed by atoms with Crippen molar-refractivity contribution in [2.24, 2.45) is 0 Å². The minimum atomic E-state index is -0.574. The van der Waals surface area contributed by atoms with Gasteiger partial charge in [-0.3, -0.25) is 4.79 Å². The maximum atomic E-state index is 13.3. The van der Waals surface area contributed by atoms with Crippen molar-refractivity contribution in [3.63, 3.8) is 0 Å². The van der Waals surface area contributed by atoms with Crippen LogP contribution in [-0.2, 0) is 0 Å². The summed E-state index contributed by atoms with van der Waals surface area (Å²) in [5, 5.41) is 15.4. The van der Waals surface area contributed by atoms with Gasteiger partial charge in [0.1, 0.15) is 22.9 Å². The number of aromatic hydroxyl groups is 1. The number of hydrogen-bond acceptors (Lipinski definition) is 6. The van der Waals surface area contributed by atoms with Gasteiger partial charge in [-0.2, -0.15) is 5.10 Å². The third kappa shape index (κ3) is 3.39. The molecule has 0 aliphatic heterocycles. The number of thioether (sulfide) groups is 1. The van der Waals surface area contributed by atoms with E-state index in [1.807, 2.05) is 30.3 Å². The van der Waals surface area contributed by atoms with Gasteiger partial charge in [-0.25, -0.2) is 19.0 Å². The fourth-order valence-corrected chi connectivity index (χ4v) is 3.48. The van der Waals surface area contributed by atoms with Crippen LogP contribution >= 0.6 is 11.8 Å². The lowest BCUT2D eigenvalue weighted by Gasteiger charge is -2.05. The molecule has 134 valence electrons. The predicted molar refractivity (Wildman–Crippen MR) is 99.8 cm³/mol. The minimum Gasteiger partial charge on any atom is -0.507 e. The second-order valence-corrected chi connectivity index (χ2v) is 6.65. The molecule has 4 aromatic rings. The SMILES string of the molecule is O=C(CSc1ncnc2c1cnn2-c1ccccc1)c1cc(F)ccc1O. The molecule has 2 aromatic carbocycles. The number of para-hydroxylation sites is 1. The van der Waals surface area contributed by atoms with E-state index in [-0.39, 0.29) is 22.8 Å². The minimum absolute atomic E-state index is 0.000354. The summed E-state index contributed by atoms with van der Waals surface area (Å²) in [5.74, 6) is -1.21. The summed E-state index contributed by atoms with van der Waals surface area (Å²) in [6, 6.07) is 12.9. The Morgan fingerprint density at radius 1 is 1.15 bits per heavy atom. The molecule has 0 radical (unpaired) electrons. The number of hydrogen-bond donors (Lipinski definition) is 1. The van der Waals surface area contributed by atoms with Crippen LogP contribution in [0.15, 0.2) is 66.1 Å². The van der Waals surface area contributed by atoms with Crippen LogP contribution in [0.5, 0.6) is 5.75 Å². The summed E-state index contributed by atoms with van der Waals surface area (Å²) in [5.41, 5.74) is 1.44. The van der Waals surface area contributed by atoms with Crippen molar-refractivity contribution in [1.82, 2.24) is 19.7 Å².